The molecule has 0 spiro atoms. The van der Waals surface area contributed by atoms with Crippen molar-refractivity contribution in [1.82, 2.24) is 14.9 Å². The molecule has 2 aliphatic heterocycles. The molecule has 0 saturated carbocycles. The Morgan fingerprint density at radius 2 is 1.81 bits per heavy atom. The highest BCUT2D eigenvalue weighted by Gasteiger charge is 2.35. The number of likely N-dealkylation sites (tertiary alicyclic amines) is 1. The zero-order valence-corrected chi connectivity index (χ0v) is 17.0. The van der Waals surface area contributed by atoms with Gasteiger partial charge in [0.15, 0.2) is 0 Å². The van der Waals surface area contributed by atoms with E-state index in [2.05, 4.69) is 21.8 Å². The maximum atomic E-state index is 11.9. The monoisotopic (exact) mass is 376 g/mol. The van der Waals surface area contributed by atoms with Crippen LogP contribution in [0.3, 0.4) is 0 Å². The Morgan fingerprint density at radius 3 is 2.37 bits per heavy atom. The number of hydrogen-bond donors (Lipinski definition) is 0. The van der Waals surface area contributed by atoms with E-state index < -0.39 is 5.60 Å². The topological polar surface area (TPSA) is 67.8 Å². The maximum Gasteiger partial charge on any atom is 0.410 e. The Bertz CT molecular complexity index is 615. The van der Waals surface area contributed by atoms with Crippen molar-refractivity contribution >= 4 is 12.0 Å². The molecule has 27 heavy (non-hydrogen) atoms. The standard InChI is InChI=1S/C20H32N4O3/c1-5-15-10-21-18(22-11-15)23-8-6-16(7-9-23)14-26-17-12-24(13-17)19(25)27-20(2,3)4/h10-11,16-17H,5-9,12-14H2,1-4H3. The highest BCUT2D eigenvalue weighted by molar-refractivity contribution is 5.69. The van der Waals surface area contributed by atoms with Gasteiger partial charge in [-0.15, -0.1) is 0 Å². The van der Waals surface area contributed by atoms with Crippen LogP contribution in [0.15, 0.2) is 12.4 Å². The molecule has 1 aromatic heterocycles. The van der Waals surface area contributed by atoms with Crippen molar-refractivity contribution in [3.05, 3.63) is 18.0 Å². The minimum absolute atomic E-state index is 0.139. The lowest BCUT2D eigenvalue weighted by Gasteiger charge is -2.40. The molecule has 3 rings (SSSR count). The van der Waals surface area contributed by atoms with E-state index in [-0.39, 0.29) is 12.2 Å². The van der Waals surface area contributed by atoms with Crippen LogP contribution in [0, 0.1) is 5.92 Å². The number of amides is 1. The van der Waals surface area contributed by atoms with Gasteiger partial charge < -0.3 is 19.3 Å². The highest BCUT2D eigenvalue weighted by Crippen LogP contribution is 2.23. The van der Waals surface area contributed by atoms with E-state index in [1.807, 2.05) is 33.2 Å². The van der Waals surface area contributed by atoms with E-state index >= 15 is 0 Å². The summed E-state index contributed by atoms with van der Waals surface area (Å²) >= 11 is 0. The molecule has 0 unspecified atom stereocenters. The third kappa shape index (κ3) is 5.54. The van der Waals surface area contributed by atoms with Gasteiger partial charge in [-0.05, 0) is 51.5 Å². The van der Waals surface area contributed by atoms with Crippen LogP contribution in [-0.4, -0.2) is 65.5 Å². The number of nitrogens with zero attached hydrogens (tertiary/aromatic N) is 4. The lowest BCUT2D eigenvalue weighted by Crippen LogP contribution is -2.56. The normalized spacial score (nSPS) is 19.1. The molecule has 7 nitrogen and oxygen atoms in total. The number of carbonyl (C=O) groups is 1. The molecule has 0 bridgehead atoms. The van der Waals surface area contributed by atoms with Gasteiger partial charge in [-0.2, -0.15) is 0 Å². The van der Waals surface area contributed by atoms with Crippen molar-refractivity contribution in [3.63, 3.8) is 0 Å². The number of anilines is 1. The van der Waals surface area contributed by atoms with E-state index in [9.17, 15) is 4.79 Å². The van der Waals surface area contributed by atoms with Crippen molar-refractivity contribution in [1.29, 1.82) is 0 Å². The Balaban J connectivity index is 1.33. The quantitative estimate of drug-likeness (QED) is 0.787. The molecule has 2 fully saturated rings. The van der Waals surface area contributed by atoms with Gasteiger partial charge in [0.2, 0.25) is 5.95 Å². The summed E-state index contributed by atoms with van der Waals surface area (Å²) in [6, 6.07) is 0. The van der Waals surface area contributed by atoms with Crippen molar-refractivity contribution in [2.24, 2.45) is 5.92 Å². The lowest BCUT2D eigenvalue weighted by molar-refractivity contribution is -0.0728. The van der Waals surface area contributed by atoms with Gasteiger partial charge in [0.25, 0.3) is 0 Å². The zero-order valence-electron chi connectivity index (χ0n) is 17.0. The third-order valence-corrected chi connectivity index (χ3v) is 5.06. The number of hydrogen-bond acceptors (Lipinski definition) is 6. The van der Waals surface area contributed by atoms with Crippen LogP contribution in [0.1, 0.15) is 46.1 Å². The van der Waals surface area contributed by atoms with Crippen molar-refractivity contribution in [2.75, 3.05) is 37.7 Å². The summed E-state index contributed by atoms with van der Waals surface area (Å²) in [6.07, 6.45) is 6.87. The largest absolute Gasteiger partial charge is 0.444 e. The van der Waals surface area contributed by atoms with Gasteiger partial charge in [-0.3, -0.25) is 0 Å². The SMILES string of the molecule is CCc1cnc(N2CCC(COC3CN(C(=O)OC(C)(C)C)C3)CC2)nc1. The first-order chi connectivity index (χ1) is 12.8. The second kappa shape index (κ2) is 8.42. The molecule has 3 heterocycles. The fourth-order valence-electron chi connectivity index (χ4n) is 3.28. The smallest absolute Gasteiger partial charge is 0.410 e. The van der Waals surface area contributed by atoms with E-state index in [1.54, 1.807) is 4.90 Å². The minimum Gasteiger partial charge on any atom is -0.444 e. The van der Waals surface area contributed by atoms with Crippen LogP contribution in [0.25, 0.3) is 0 Å². The first-order valence-corrected chi connectivity index (χ1v) is 9.99. The molecule has 2 saturated heterocycles. The van der Waals surface area contributed by atoms with Gasteiger partial charge >= 0.3 is 6.09 Å². The summed E-state index contributed by atoms with van der Waals surface area (Å²) in [4.78, 5) is 24.9. The molecule has 1 amide bonds. The van der Waals surface area contributed by atoms with Gasteiger partial charge in [-0.1, -0.05) is 6.92 Å². The molecule has 0 N–H and O–H groups in total. The van der Waals surface area contributed by atoms with Crippen LogP contribution in [0.5, 0.6) is 0 Å². The average Bonchev–Trinajstić information content (AvgIpc) is 2.59. The second-order valence-corrected chi connectivity index (χ2v) is 8.52. The second-order valence-electron chi connectivity index (χ2n) is 8.52. The van der Waals surface area contributed by atoms with Gasteiger partial charge in [0.1, 0.15) is 5.60 Å². The molecule has 0 aliphatic carbocycles. The number of aromatic nitrogens is 2. The number of aryl methyl sites for hydroxylation is 1. The third-order valence-electron chi connectivity index (χ3n) is 5.06. The molecule has 0 radical (unpaired) electrons. The van der Waals surface area contributed by atoms with E-state index in [0.29, 0.717) is 19.0 Å². The summed E-state index contributed by atoms with van der Waals surface area (Å²) in [6.45, 7) is 11.7. The van der Waals surface area contributed by atoms with E-state index in [4.69, 9.17) is 9.47 Å². The van der Waals surface area contributed by atoms with E-state index in [1.165, 1.54) is 5.56 Å². The number of rotatable bonds is 5. The predicted octanol–water partition coefficient (Wildman–Crippen LogP) is 2.89. The fraction of sp³-hybridized carbons (Fsp3) is 0.750. The molecule has 1 aromatic rings. The fourth-order valence-corrected chi connectivity index (χ4v) is 3.28. The summed E-state index contributed by atoms with van der Waals surface area (Å²) in [7, 11) is 0. The summed E-state index contributed by atoms with van der Waals surface area (Å²) in [5, 5.41) is 0. The molecule has 0 aromatic carbocycles. The van der Waals surface area contributed by atoms with Crippen LogP contribution >= 0.6 is 0 Å². The molecular weight excluding hydrogens is 344 g/mol. The van der Waals surface area contributed by atoms with Crippen molar-refractivity contribution < 1.29 is 14.3 Å². The maximum absolute atomic E-state index is 11.9. The first-order valence-electron chi connectivity index (χ1n) is 9.99. The van der Waals surface area contributed by atoms with Gasteiger partial charge in [-0.25, -0.2) is 14.8 Å². The predicted molar refractivity (Wildman–Crippen MR) is 104 cm³/mol. The van der Waals surface area contributed by atoms with E-state index in [0.717, 1.165) is 44.9 Å². The molecule has 7 heteroatoms. The summed E-state index contributed by atoms with van der Waals surface area (Å²) < 4.78 is 11.4. The number of carbonyl (C=O) groups excluding carboxylic acids is 1. The molecular formula is C20H32N4O3. The first kappa shape index (κ1) is 19.9. The Kier molecular flexibility index (Phi) is 6.19. The molecule has 2 aliphatic rings. The summed E-state index contributed by atoms with van der Waals surface area (Å²) in [5.41, 5.74) is 0.723. The number of ether oxygens (including phenoxy) is 2. The minimum atomic E-state index is -0.447. The molecule has 150 valence electrons. The van der Waals surface area contributed by atoms with Crippen molar-refractivity contribution in [3.8, 4) is 0 Å². The molecule has 0 atom stereocenters. The number of piperidine rings is 1. The average molecular weight is 377 g/mol. The van der Waals surface area contributed by atoms with Crippen LogP contribution in [0.4, 0.5) is 10.7 Å². The van der Waals surface area contributed by atoms with Crippen molar-refractivity contribution in [2.45, 2.75) is 58.7 Å². The highest BCUT2D eigenvalue weighted by atomic mass is 16.6. The Hall–Kier alpha value is -1.89. The van der Waals surface area contributed by atoms with Gasteiger partial charge in [0.05, 0.1) is 25.8 Å². The Morgan fingerprint density at radius 1 is 1.19 bits per heavy atom. The Labute approximate surface area is 162 Å². The van der Waals surface area contributed by atoms with Crippen LogP contribution < -0.4 is 4.90 Å². The summed E-state index contributed by atoms with van der Waals surface area (Å²) in [5.74, 6) is 1.39. The van der Waals surface area contributed by atoms with Crippen LogP contribution in [0.2, 0.25) is 0 Å². The lowest BCUT2D eigenvalue weighted by atomic mass is 9.98. The van der Waals surface area contributed by atoms with Gasteiger partial charge in [0, 0.05) is 25.5 Å². The van der Waals surface area contributed by atoms with Crippen LogP contribution in [-0.2, 0) is 15.9 Å². The zero-order chi connectivity index (χ0) is 19.4.